The van der Waals surface area contributed by atoms with Crippen LogP contribution in [0.3, 0.4) is 0 Å². The SMILES string of the molecule is COc1cccnc1C(O)c1ccccc1Br. The number of halogens is 1. The molecule has 17 heavy (non-hydrogen) atoms. The van der Waals surface area contributed by atoms with Crippen molar-refractivity contribution >= 4 is 15.9 Å². The molecule has 1 unspecified atom stereocenters. The predicted octanol–water partition coefficient (Wildman–Crippen LogP) is 2.93. The molecule has 0 aliphatic carbocycles. The number of rotatable bonds is 3. The molecule has 0 spiro atoms. The number of pyridine rings is 1. The smallest absolute Gasteiger partial charge is 0.143 e. The molecule has 1 N–H and O–H groups in total. The summed E-state index contributed by atoms with van der Waals surface area (Å²) in [5, 5.41) is 10.3. The molecule has 1 aromatic carbocycles. The maximum Gasteiger partial charge on any atom is 0.143 e. The van der Waals surface area contributed by atoms with Gasteiger partial charge >= 0.3 is 0 Å². The molecule has 88 valence electrons. The van der Waals surface area contributed by atoms with Gasteiger partial charge in [0.05, 0.1) is 7.11 Å². The summed E-state index contributed by atoms with van der Waals surface area (Å²) in [6.45, 7) is 0. The van der Waals surface area contributed by atoms with Crippen molar-refractivity contribution in [1.82, 2.24) is 4.98 Å². The zero-order chi connectivity index (χ0) is 12.3. The lowest BCUT2D eigenvalue weighted by molar-refractivity contribution is 0.208. The van der Waals surface area contributed by atoms with E-state index in [1.807, 2.05) is 24.3 Å². The van der Waals surface area contributed by atoms with Crippen LogP contribution in [0.1, 0.15) is 17.4 Å². The van der Waals surface area contributed by atoms with E-state index in [9.17, 15) is 5.11 Å². The first-order valence-electron chi connectivity index (χ1n) is 5.15. The van der Waals surface area contributed by atoms with Crippen molar-refractivity contribution in [3.05, 3.63) is 58.3 Å². The van der Waals surface area contributed by atoms with E-state index in [4.69, 9.17) is 4.74 Å². The van der Waals surface area contributed by atoms with E-state index in [2.05, 4.69) is 20.9 Å². The number of nitrogens with zero attached hydrogens (tertiary/aromatic N) is 1. The Kier molecular flexibility index (Phi) is 3.76. The van der Waals surface area contributed by atoms with Gasteiger partial charge in [-0.05, 0) is 18.2 Å². The molecular formula is C13H12BrNO2. The van der Waals surface area contributed by atoms with E-state index >= 15 is 0 Å². The molecule has 0 bridgehead atoms. The molecular weight excluding hydrogens is 282 g/mol. The van der Waals surface area contributed by atoms with Crippen LogP contribution in [0.4, 0.5) is 0 Å². The second kappa shape index (κ2) is 5.29. The van der Waals surface area contributed by atoms with Crippen LogP contribution in [0.15, 0.2) is 47.1 Å². The number of aliphatic hydroxyl groups excluding tert-OH is 1. The number of aliphatic hydroxyl groups is 1. The van der Waals surface area contributed by atoms with Crippen LogP contribution in [0.2, 0.25) is 0 Å². The van der Waals surface area contributed by atoms with Crippen LogP contribution in [-0.4, -0.2) is 17.2 Å². The standard InChI is InChI=1S/C13H12BrNO2/c1-17-11-7-4-8-15-12(11)13(16)9-5-2-3-6-10(9)14/h2-8,13,16H,1H3. The fourth-order valence-electron chi connectivity index (χ4n) is 1.62. The second-order valence-electron chi connectivity index (χ2n) is 3.51. The van der Waals surface area contributed by atoms with E-state index in [0.29, 0.717) is 11.4 Å². The van der Waals surface area contributed by atoms with E-state index in [0.717, 1.165) is 10.0 Å². The highest BCUT2D eigenvalue weighted by Crippen LogP contribution is 2.31. The van der Waals surface area contributed by atoms with E-state index in [1.165, 1.54) is 0 Å². The largest absolute Gasteiger partial charge is 0.495 e. The maximum atomic E-state index is 10.3. The molecule has 4 heteroatoms. The molecule has 0 saturated carbocycles. The van der Waals surface area contributed by atoms with Crippen LogP contribution in [-0.2, 0) is 0 Å². The molecule has 1 atom stereocenters. The Morgan fingerprint density at radius 2 is 2.00 bits per heavy atom. The van der Waals surface area contributed by atoms with Gasteiger partial charge in [-0.25, -0.2) is 0 Å². The summed E-state index contributed by atoms with van der Waals surface area (Å²) in [6.07, 6.45) is 0.833. The lowest BCUT2D eigenvalue weighted by atomic mass is 10.1. The van der Waals surface area contributed by atoms with Crippen LogP contribution in [0.25, 0.3) is 0 Å². The number of hydrogen-bond acceptors (Lipinski definition) is 3. The van der Waals surface area contributed by atoms with E-state index < -0.39 is 6.10 Å². The summed E-state index contributed by atoms with van der Waals surface area (Å²) in [4.78, 5) is 4.17. The molecule has 2 aromatic rings. The van der Waals surface area contributed by atoms with Crippen LogP contribution in [0.5, 0.6) is 5.75 Å². The van der Waals surface area contributed by atoms with Gasteiger partial charge in [-0.3, -0.25) is 4.98 Å². The molecule has 0 aliphatic heterocycles. The van der Waals surface area contributed by atoms with Gasteiger partial charge in [0.1, 0.15) is 17.5 Å². The zero-order valence-electron chi connectivity index (χ0n) is 9.30. The highest BCUT2D eigenvalue weighted by atomic mass is 79.9. The number of benzene rings is 1. The average molecular weight is 294 g/mol. The summed E-state index contributed by atoms with van der Waals surface area (Å²) in [7, 11) is 1.56. The van der Waals surface area contributed by atoms with Gasteiger partial charge < -0.3 is 9.84 Å². The number of hydrogen-bond donors (Lipinski definition) is 1. The van der Waals surface area contributed by atoms with Gasteiger partial charge in [0.15, 0.2) is 0 Å². The van der Waals surface area contributed by atoms with Gasteiger partial charge in [0.2, 0.25) is 0 Å². The van der Waals surface area contributed by atoms with Crippen molar-refractivity contribution < 1.29 is 9.84 Å². The minimum Gasteiger partial charge on any atom is -0.495 e. The third kappa shape index (κ3) is 2.48. The van der Waals surface area contributed by atoms with E-state index in [1.54, 1.807) is 25.4 Å². The van der Waals surface area contributed by atoms with Crippen molar-refractivity contribution in [2.45, 2.75) is 6.10 Å². The van der Waals surface area contributed by atoms with Crippen LogP contribution < -0.4 is 4.74 Å². The Morgan fingerprint density at radius 3 is 2.71 bits per heavy atom. The molecule has 0 fully saturated rings. The fourth-order valence-corrected chi connectivity index (χ4v) is 2.13. The normalized spacial score (nSPS) is 12.2. The molecule has 3 nitrogen and oxygen atoms in total. The quantitative estimate of drug-likeness (QED) is 0.946. The van der Waals surface area contributed by atoms with Crippen molar-refractivity contribution in [2.24, 2.45) is 0 Å². The van der Waals surface area contributed by atoms with Crippen molar-refractivity contribution in [3.63, 3.8) is 0 Å². The predicted molar refractivity (Wildman–Crippen MR) is 69.0 cm³/mol. The summed E-state index contributed by atoms with van der Waals surface area (Å²) in [5.74, 6) is 0.579. The minimum atomic E-state index is -0.804. The molecule has 0 amide bonds. The lowest BCUT2D eigenvalue weighted by Crippen LogP contribution is -2.05. The maximum absolute atomic E-state index is 10.3. The zero-order valence-corrected chi connectivity index (χ0v) is 10.9. The first kappa shape index (κ1) is 12.1. The summed E-state index contributed by atoms with van der Waals surface area (Å²) in [6, 6.07) is 11.1. The average Bonchev–Trinajstić information content (AvgIpc) is 2.38. The highest BCUT2D eigenvalue weighted by Gasteiger charge is 2.18. The topological polar surface area (TPSA) is 42.4 Å². The van der Waals surface area contributed by atoms with Crippen molar-refractivity contribution in [1.29, 1.82) is 0 Å². The minimum absolute atomic E-state index is 0.516. The summed E-state index contributed by atoms with van der Waals surface area (Å²) in [5.41, 5.74) is 1.28. The third-order valence-electron chi connectivity index (χ3n) is 2.48. The number of ether oxygens (including phenoxy) is 1. The molecule has 0 radical (unpaired) electrons. The molecule has 2 rings (SSSR count). The van der Waals surface area contributed by atoms with Gasteiger partial charge in [0.25, 0.3) is 0 Å². The Bertz CT molecular complexity index is 516. The third-order valence-corrected chi connectivity index (χ3v) is 3.20. The Hall–Kier alpha value is -1.39. The van der Waals surface area contributed by atoms with Gasteiger partial charge in [-0.15, -0.1) is 0 Å². The van der Waals surface area contributed by atoms with Crippen LogP contribution in [0, 0.1) is 0 Å². The number of methoxy groups -OCH3 is 1. The first-order chi connectivity index (χ1) is 8.24. The summed E-state index contributed by atoms with van der Waals surface area (Å²) < 4.78 is 6.04. The molecule has 0 saturated heterocycles. The Labute approximate surface area is 108 Å². The molecule has 1 heterocycles. The Balaban J connectivity index is 2.44. The first-order valence-corrected chi connectivity index (χ1v) is 5.94. The second-order valence-corrected chi connectivity index (χ2v) is 4.37. The van der Waals surface area contributed by atoms with Crippen molar-refractivity contribution in [3.8, 4) is 5.75 Å². The lowest BCUT2D eigenvalue weighted by Gasteiger charge is -2.14. The molecule has 1 aromatic heterocycles. The number of aromatic nitrogens is 1. The highest BCUT2D eigenvalue weighted by molar-refractivity contribution is 9.10. The fraction of sp³-hybridized carbons (Fsp3) is 0.154. The van der Waals surface area contributed by atoms with Crippen molar-refractivity contribution in [2.75, 3.05) is 7.11 Å². The Morgan fingerprint density at radius 1 is 1.24 bits per heavy atom. The monoisotopic (exact) mass is 293 g/mol. The van der Waals surface area contributed by atoms with Gasteiger partial charge in [-0.1, -0.05) is 34.1 Å². The molecule has 0 aliphatic rings. The van der Waals surface area contributed by atoms with E-state index in [-0.39, 0.29) is 0 Å². The van der Waals surface area contributed by atoms with Crippen LogP contribution >= 0.6 is 15.9 Å². The van der Waals surface area contributed by atoms with Gasteiger partial charge in [-0.2, -0.15) is 0 Å². The summed E-state index contributed by atoms with van der Waals surface area (Å²) >= 11 is 3.41. The van der Waals surface area contributed by atoms with Gasteiger partial charge in [0, 0.05) is 16.2 Å².